The van der Waals surface area contributed by atoms with Gasteiger partial charge in [-0.15, -0.1) is 0 Å². The molecule has 15 nitrogen and oxygen atoms in total. The number of ether oxygens (including phenoxy) is 6. The number of carbonyl (C=O) groups is 2. The van der Waals surface area contributed by atoms with Crippen molar-refractivity contribution in [3.8, 4) is 0 Å². The number of methoxy groups -OCH3 is 1. The summed E-state index contributed by atoms with van der Waals surface area (Å²) in [5, 5.41) is 58.9. The highest BCUT2D eigenvalue weighted by molar-refractivity contribution is 5.75. The van der Waals surface area contributed by atoms with Crippen molar-refractivity contribution < 1.29 is 63.5 Å². The van der Waals surface area contributed by atoms with Crippen LogP contribution in [0.25, 0.3) is 0 Å². The fourth-order valence-corrected chi connectivity index (χ4v) is 9.56. The molecule has 0 bridgehead atoms. The van der Waals surface area contributed by atoms with Crippen LogP contribution in [-0.2, 0) is 38.0 Å². The molecule has 58 heavy (non-hydrogen) atoms. The summed E-state index contributed by atoms with van der Waals surface area (Å²) in [6.07, 6.45) is -6.63. The first-order valence-electron chi connectivity index (χ1n) is 21.6. The molecule has 18 atom stereocenters. The Bertz CT molecular complexity index is 1300. The topological polar surface area (TPSA) is 197 Å². The van der Waals surface area contributed by atoms with E-state index in [1.165, 1.54) is 14.0 Å². The number of esters is 1. The minimum absolute atomic E-state index is 0.115. The molecule has 0 amide bonds. The van der Waals surface area contributed by atoms with Gasteiger partial charge in [0.15, 0.2) is 12.6 Å². The molecule has 0 radical (unpaired) electrons. The molecule has 3 rings (SSSR count). The summed E-state index contributed by atoms with van der Waals surface area (Å²) in [6, 6.07) is -0.900. The average molecular weight is 833 g/mol. The van der Waals surface area contributed by atoms with Gasteiger partial charge in [0.1, 0.15) is 35.8 Å². The van der Waals surface area contributed by atoms with Crippen LogP contribution in [0.4, 0.5) is 0 Å². The number of unbranched alkanes of at least 4 members (excludes halogenated alkanes) is 1. The van der Waals surface area contributed by atoms with Crippen LogP contribution in [0.15, 0.2) is 0 Å². The SMILES string of the molecule is CC[C@H]1OC(=O)[C@H](C)[C@@H](O[C@H]2C[C@@](C)(OC)[C@@H](O)[C@H](C)O2)[C@H](C)[C@@H](O[C@@H]2O[C@H](C)C[C@H](N(C)CCCCC(C)=O)[C@H]2O)[C@](C)(O)C[C@@H](C)CN(C)[C@H](C)[C@@H](O)[C@]1(C)O. The molecule has 15 heteroatoms. The predicted octanol–water partition coefficient (Wildman–Crippen LogP) is 3.03. The molecule has 0 aromatic heterocycles. The van der Waals surface area contributed by atoms with Crippen molar-refractivity contribution in [3.05, 3.63) is 0 Å². The van der Waals surface area contributed by atoms with Gasteiger partial charge in [0.2, 0.25) is 0 Å². The van der Waals surface area contributed by atoms with E-state index in [0.29, 0.717) is 25.9 Å². The lowest BCUT2D eigenvalue weighted by atomic mass is 9.77. The Kier molecular flexibility index (Phi) is 18.6. The van der Waals surface area contributed by atoms with Crippen molar-refractivity contribution in [2.24, 2.45) is 17.8 Å². The van der Waals surface area contributed by atoms with Gasteiger partial charge in [-0.25, -0.2) is 0 Å². The van der Waals surface area contributed by atoms with Crippen molar-refractivity contribution in [1.82, 2.24) is 9.80 Å². The normalized spacial score (nSPS) is 45.7. The summed E-state index contributed by atoms with van der Waals surface area (Å²) >= 11 is 0. The van der Waals surface area contributed by atoms with E-state index in [0.717, 1.165) is 12.8 Å². The highest BCUT2D eigenvalue weighted by Crippen LogP contribution is 2.40. The number of ketones is 1. The molecule has 5 N–H and O–H groups in total. The standard InChI is InChI=1S/C43H80N2O13/c1-15-32-43(11,52)36(48)29(7)45(13)23-24(2)21-41(9,51)38(58-40-34(47)31(20-26(4)54-40)44(12)19-17-16-18-25(3)46)27(5)35(28(6)39(50)56-32)57-33-22-42(10,53-14)37(49)30(8)55-33/h24,26-38,40,47-49,51-52H,15-23H2,1-14H3/t24-,26-,27+,28-,29-,30+,31+,32-,33+,34-,35+,36-,37+,38-,40+,41-,42-,43-/m1/s1. The number of carbonyl (C=O) groups excluding carboxylic acids is 2. The lowest BCUT2D eigenvalue weighted by Crippen LogP contribution is -2.60. The Labute approximate surface area is 348 Å². The van der Waals surface area contributed by atoms with Crippen LogP contribution in [0, 0.1) is 17.8 Å². The first kappa shape index (κ1) is 51.0. The average Bonchev–Trinajstić information content (AvgIpc) is 3.14. The van der Waals surface area contributed by atoms with Gasteiger partial charge in [-0.2, -0.15) is 0 Å². The predicted molar refractivity (Wildman–Crippen MR) is 218 cm³/mol. The van der Waals surface area contributed by atoms with Gasteiger partial charge in [-0.1, -0.05) is 20.8 Å². The summed E-state index contributed by atoms with van der Waals surface area (Å²) in [5.41, 5.74) is -4.46. The van der Waals surface area contributed by atoms with Crippen molar-refractivity contribution in [2.75, 3.05) is 34.3 Å². The van der Waals surface area contributed by atoms with Crippen LogP contribution in [0.1, 0.15) is 121 Å². The summed E-state index contributed by atoms with van der Waals surface area (Å²) in [6.45, 7) is 20.2. The molecule has 0 unspecified atom stereocenters. The number of Topliss-reactive ketones (excluding diaryl/α,β-unsaturated/α-hetero) is 1. The summed E-state index contributed by atoms with van der Waals surface area (Å²) in [4.78, 5) is 29.8. The zero-order valence-corrected chi connectivity index (χ0v) is 37.9. The first-order valence-corrected chi connectivity index (χ1v) is 21.6. The monoisotopic (exact) mass is 833 g/mol. The molecule has 3 aliphatic rings. The van der Waals surface area contributed by atoms with E-state index < -0.39 is 96.0 Å². The molecule has 0 spiro atoms. The number of likely N-dealkylation sites (N-methyl/N-ethyl adjacent to an activating group) is 2. The van der Waals surface area contributed by atoms with E-state index in [1.54, 1.807) is 48.5 Å². The smallest absolute Gasteiger partial charge is 0.311 e. The zero-order chi connectivity index (χ0) is 44.1. The molecule has 3 fully saturated rings. The van der Waals surface area contributed by atoms with Crippen LogP contribution in [0.2, 0.25) is 0 Å². The number of aliphatic hydroxyl groups excluding tert-OH is 3. The fraction of sp³-hybridized carbons (Fsp3) is 0.953. The van der Waals surface area contributed by atoms with Crippen molar-refractivity contribution >= 4 is 11.8 Å². The number of nitrogens with zero attached hydrogens (tertiary/aromatic N) is 2. The Balaban J connectivity index is 2.13. The molecular weight excluding hydrogens is 752 g/mol. The third-order valence-electron chi connectivity index (χ3n) is 13.4. The maximum atomic E-state index is 14.3. The molecule has 3 saturated heterocycles. The maximum Gasteiger partial charge on any atom is 0.311 e. The summed E-state index contributed by atoms with van der Waals surface area (Å²) in [7, 11) is 5.27. The van der Waals surface area contributed by atoms with Gasteiger partial charge in [0, 0.05) is 44.5 Å². The van der Waals surface area contributed by atoms with E-state index in [4.69, 9.17) is 28.4 Å². The Hall–Kier alpha value is -1.34. The van der Waals surface area contributed by atoms with E-state index in [2.05, 4.69) is 4.90 Å². The van der Waals surface area contributed by atoms with Gasteiger partial charge in [0.25, 0.3) is 0 Å². The van der Waals surface area contributed by atoms with Crippen LogP contribution in [0.5, 0.6) is 0 Å². The number of rotatable bonds is 12. The minimum atomic E-state index is -1.82. The van der Waals surface area contributed by atoms with Crippen LogP contribution >= 0.6 is 0 Å². The summed E-state index contributed by atoms with van der Waals surface area (Å²) < 4.78 is 37.9. The van der Waals surface area contributed by atoms with Crippen molar-refractivity contribution in [1.29, 1.82) is 0 Å². The number of cyclic esters (lactones) is 1. The molecular formula is C43H80N2O13. The van der Waals surface area contributed by atoms with E-state index >= 15 is 0 Å². The van der Waals surface area contributed by atoms with Crippen LogP contribution < -0.4 is 0 Å². The van der Waals surface area contributed by atoms with Crippen LogP contribution in [0.3, 0.4) is 0 Å². The summed E-state index contributed by atoms with van der Waals surface area (Å²) in [5.74, 6) is -2.55. The number of hydrogen-bond acceptors (Lipinski definition) is 15. The second kappa shape index (κ2) is 21.2. The number of hydrogen-bond donors (Lipinski definition) is 5. The van der Waals surface area contributed by atoms with Gasteiger partial charge in [-0.05, 0) is 114 Å². The third kappa shape index (κ3) is 12.4. The Morgan fingerprint density at radius 2 is 1.60 bits per heavy atom. The van der Waals surface area contributed by atoms with Gasteiger partial charge >= 0.3 is 5.97 Å². The first-order chi connectivity index (χ1) is 26.8. The Morgan fingerprint density at radius 1 is 0.966 bits per heavy atom. The molecule has 0 aliphatic carbocycles. The highest BCUT2D eigenvalue weighted by atomic mass is 16.7. The Morgan fingerprint density at radius 3 is 2.19 bits per heavy atom. The van der Waals surface area contributed by atoms with Crippen molar-refractivity contribution in [3.63, 3.8) is 0 Å². The maximum absolute atomic E-state index is 14.3. The van der Waals surface area contributed by atoms with E-state index in [9.17, 15) is 35.1 Å². The van der Waals surface area contributed by atoms with E-state index in [-0.39, 0.29) is 43.1 Å². The molecule has 0 saturated carbocycles. The molecule has 3 heterocycles. The lowest BCUT2D eigenvalue weighted by Gasteiger charge is -2.49. The second-order valence-corrected chi connectivity index (χ2v) is 18.8. The quantitative estimate of drug-likeness (QED) is 0.142. The minimum Gasteiger partial charge on any atom is -0.459 e. The lowest BCUT2D eigenvalue weighted by molar-refractivity contribution is -0.318. The van der Waals surface area contributed by atoms with Gasteiger partial charge in [-0.3, -0.25) is 4.79 Å². The highest BCUT2D eigenvalue weighted by Gasteiger charge is 2.52. The second-order valence-electron chi connectivity index (χ2n) is 18.8. The molecule has 0 aromatic rings. The largest absolute Gasteiger partial charge is 0.459 e. The molecule has 0 aromatic carbocycles. The van der Waals surface area contributed by atoms with Crippen molar-refractivity contribution in [2.45, 2.75) is 211 Å². The van der Waals surface area contributed by atoms with Gasteiger partial charge in [0.05, 0.1) is 41.5 Å². The van der Waals surface area contributed by atoms with E-state index in [1.807, 2.05) is 39.8 Å². The molecule has 3 aliphatic heterocycles. The fourth-order valence-electron chi connectivity index (χ4n) is 9.56. The van der Waals surface area contributed by atoms with Crippen LogP contribution in [-0.4, -0.2) is 172 Å². The number of aliphatic hydroxyl groups is 5. The van der Waals surface area contributed by atoms with Gasteiger partial charge < -0.3 is 68.5 Å². The third-order valence-corrected chi connectivity index (χ3v) is 13.4. The molecule has 340 valence electrons. The zero-order valence-electron chi connectivity index (χ0n) is 37.9.